The zero-order valence-corrected chi connectivity index (χ0v) is 32.4. The Balaban J connectivity index is 1.80. The van der Waals surface area contributed by atoms with Gasteiger partial charge in [0.1, 0.15) is 12.1 Å². The molecule has 0 spiro atoms. The van der Waals surface area contributed by atoms with Gasteiger partial charge in [0, 0.05) is 34.2 Å². The van der Waals surface area contributed by atoms with Crippen LogP contribution in [0.4, 0.5) is 0 Å². The maximum Gasteiger partial charge on any atom is 0.326 e. The molecule has 292 valence electrons. The largest absolute Gasteiger partial charge is 0.480 e. The van der Waals surface area contributed by atoms with Gasteiger partial charge in [0.15, 0.2) is 0 Å². The fourth-order valence-corrected chi connectivity index (χ4v) is 7.83. The van der Waals surface area contributed by atoms with Gasteiger partial charge >= 0.3 is 5.97 Å². The molecular weight excluding hydrogens is 666 g/mol. The number of amides is 4. The number of likely N-dealkylation sites (N-methyl/N-ethyl adjacent to an activating group) is 1. The van der Waals surface area contributed by atoms with Gasteiger partial charge in [0.2, 0.25) is 23.6 Å². The van der Waals surface area contributed by atoms with Crippen molar-refractivity contribution in [3.63, 3.8) is 0 Å². The molecule has 0 aromatic heterocycles. The SMILES string of the molecule is COC(CC(=O)N1CCCC1C(OC)C(C)C(=O)NC(Cc1ccccc1)C(=O)O)C(C1CCCCC1)N(C)C(=O)C(NC(=O)C(C)(C)N)C(C)C. The van der Waals surface area contributed by atoms with E-state index >= 15 is 0 Å². The number of nitrogens with zero attached hydrogens (tertiary/aromatic N) is 2. The lowest BCUT2D eigenvalue weighted by atomic mass is 9.80. The molecule has 0 bridgehead atoms. The molecule has 2 fully saturated rings. The highest BCUT2D eigenvalue weighted by Crippen LogP contribution is 2.34. The van der Waals surface area contributed by atoms with Crippen molar-refractivity contribution in [2.24, 2.45) is 23.5 Å². The van der Waals surface area contributed by atoms with Crippen LogP contribution in [0.25, 0.3) is 0 Å². The fraction of sp³-hybridized carbons (Fsp3) is 0.718. The molecule has 3 rings (SSSR count). The summed E-state index contributed by atoms with van der Waals surface area (Å²) in [5.41, 5.74) is 5.67. The minimum atomic E-state index is -1.17. The van der Waals surface area contributed by atoms with Gasteiger partial charge in [-0.05, 0) is 56.9 Å². The lowest BCUT2D eigenvalue weighted by Gasteiger charge is -2.43. The molecule has 5 N–H and O–H groups in total. The van der Waals surface area contributed by atoms with Crippen molar-refractivity contribution in [1.82, 2.24) is 20.4 Å². The van der Waals surface area contributed by atoms with Crippen LogP contribution in [0.1, 0.15) is 91.5 Å². The number of benzene rings is 1. The number of ether oxygens (including phenoxy) is 2. The minimum Gasteiger partial charge on any atom is -0.480 e. The van der Waals surface area contributed by atoms with Crippen molar-refractivity contribution in [1.29, 1.82) is 0 Å². The van der Waals surface area contributed by atoms with Gasteiger partial charge < -0.3 is 40.7 Å². The molecule has 7 unspecified atom stereocenters. The number of carbonyl (C=O) groups is 5. The molecule has 1 saturated carbocycles. The monoisotopic (exact) mass is 729 g/mol. The number of methoxy groups -OCH3 is 2. The van der Waals surface area contributed by atoms with E-state index in [1.165, 1.54) is 7.11 Å². The van der Waals surface area contributed by atoms with Crippen molar-refractivity contribution in [2.45, 2.75) is 134 Å². The van der Waals surface area contributed by atoms with Crippen molar-refractivity contribution in [3.8, 4) is 0 Å². The van der Waals surface area contributed by atoms with Gasteiger partial charge in [-0.25, -0.2) is 4.79 Å². The average molecular weight is 730 g/mol. The molecule has 2 aliphatic rings. The standard InChI is InChI=1S/C39H63N5O8/c1-24(2)32(42-38(50)39(4,5)40)36(47)43(6)33(27-18-13-10-14-19-27)30(51-7)23-31(45)44-21-15-20-29(44)34(52-8)25(3)35(46)41-28(37(48)49)22-26-16-11-9-12-17-26/h9,11-12,16-17,24-25,27-30,32-34H,10,13-15,18-23,40H2,1-8H3,(H,41,46)(H,42,50)(H,48,49). The second-order valence-electron chi connectivity index (χ2n) is 15.6. The van der Waals surface area contributed by atoms with E-state index in [0.717, 1.165) is 37.7 Å². The number of carbonyl (C=O) groups excluding carboxylic acids is 4. The Kier molecular flexibility index (Phi) is 16.1. The first kappa shape index (κ1) is 42.9. The number of rotatable bonds is 18. The van der Waals surface area contributed by atoms with Gasteiger partial charge in [0.25, 0.3) is 0 Å². The van der Waals surface area contributed by atoms with Crippen LogP contribution >= 0.6 is 0 Å². The van der Waals surface area contributed by atoms with Crippen LogP contribution in [0.3, 0.4) is 0 Å². The van der Waals surface area contributed by atoms with E-state index in [1.54, 1.807) is 44.7 Å². The Hall–Kier alpha value is -3.55. The number of carboxylic acids is 1. The first-order valence-corrected chi connectivity index (χ1v) is 18.8. The summed E-state index contributed by atoms with van der Waals surface area (Å²) in [6.07, 6.45) is 5.06. The lowest BCUT2D eigenvalue weighted by Crippen LogP contribution is -2.61. The van der Waals surface area contributed by atoms with Gasteiger partial charge in [0.05, 0.1) is 42.2 Å². The molecule has 13 nitrogen and oxygen atoms in total. The van der Waals surface area contributed by atoms with Crippen LogP contribution in [-0.2, 0) is 39.9 Å². The molecule has 1 aliphatic carbocycles. The van der Waals surface area contributed by atoms with Crippen LogP contribution < -0.4 is 16.4 Å². The van der Waals surface area contributed by atoms with Crippen LogP contribution in [-0.4, -0.2) is 114 Å². The summed E-state index contributed by atoms with van der Waals surface area (Å²) in [7, 11) is 4.79. The first-order valence-electron chi connectivity index (χ1n) is 18.8. The maximum absolute atomic E-state index is 14.2. The summed E-state index contributed by atoms with van der Waals surface area (Å²) in [6, 6.07) is 6.33. The van der Waals surface area contributed by atoms with Crippen molar-refractivity contribution in [3.05, 3.63) is 35.9 Å². The summed E-state index contributed by atoms with van der Waals surface area (Å²) in [5.74, 6) is -3.33. The van der Waals surface area contributed by atoms with E-state index in [-0.39, 0.29) is 36.5 Å². The number of aliphatic carboxylic acids is 1. The number of nitrogens with one attached hydrogen (secondary N) is 2. The van der Waals surface area contributed by atoms with Crippen molar-refractivity contribution in [2.75, 3.05) is 27.8 Å². The van der Waals surface area contributed by atoms with E-state index in [9.17, 15) is 29.1 Å². The lowest BCUT2D eigenvalue weighted by molar-refractivity contribution is -0.149. The van der Waals surface area contributed by atoms with Crippen LogP contribution in [0.15, 0.2) is 30.3 Å². The zero-order valence-electron chi connectivity index (χ0n) is 32.4. The van der Waals surface area contributed by atoms with E-state index < -0.39 is 65.6 Å². The molecule has 1 aromatic carbocycles. The average Bonchev–Trinajstić information content (AvgIpc) is 3.59. The highest BCUT2D eigenvalue weighted by atomic mass is 16.5. The maximum atomic E-state index is 14.2. The summed E-state index contributed by atoms with van der Waals surface area (Å²) < 4.78 is 11.9. The van der Waals surface area contributed by atoms with Crippen molar-refractivity contribution < 1.29 is 38.6 Å². The van der Waals surface area contributed by atoms with Crippen molar-refractivity contribution >= 4 is 29.6 Å². The zero-order chi connectivity index (χ0) is 38.7. The van der Waals surface area contributed by atoms with Crippen LogP contribution in [0.2, 0.25) is 0 Å². The Bertz CT molecular complexity index is 1350. The third kappa shape index (κ3) is 11.2. The van der Waals surface area contributed by atoms with Gasteiger partial charge in [-0.3, -0.25) is 19.2 Å². The Morgan fingerprint density at radius 3 is 2.13 bits per heavy atom. The number of likely N-dealkylation sites (tertiary alicyclic amines) is 1. The molecule has 7 atom stereocenters. The molecule has 1 heterocycles. The van der Waals surface area contributed by atoms with Gasteiger partial charge in [-0.1, -0.05) is 70.4 Å². The number of carboxylic acid groups (broad SMARTS) is 1. The number of hydrogen-bond donors (Lipinski definition) is 4. The highest BCUT2D eigenvalue weighted by molar-refractivity contribution is 5.92. The van der Waals surface area contributed by atoms with Crippen LogP contribution in [0.5, 0.6) is 0 Å². The Labute approximate surface area is 309 Å². The minimum absolute atomic E-state index is 0.00942. The first-order chi connectivity index (χ1) is 24.5. The number of hydrogen-bond acceptors (Lipinski definition) is 8. The Morgan fingerprint density at radius 2 is 1.60 bits per heavy atom. The molecule has 4 amide bonds. The van der Waals surface area contributed by atoms with E-state index in [0.29, 0.717) is 19.4 Å². The summed E-state index contributed by atoms with van der Waals surface area (Å²) >= 11 is 0. The Morgan fingerprint density at radius 1 is 0.962 bits per heavy atom. The summed E-state index contributed by atoms with van der Waals surface area (Å²) in [4.78, 5) is 70.3. The number of nitrogens with two attached hydrogens (primary N) is 1. The second kappa shape index (κ2) is 19.5. The molecule has 1 aromatic rings. The molecule has 1 aliphatic heterocycles. The molecular formula is C39H63N5O8. The smallest absolute Gasteiger partial charge is 0.326 e. The quantitative estimate of drug-likeness (QED) is 0.177. The highest BCUT2D eigenvalue weighted by Gasteiger charge is 2.44. The molecule has 1 saturated heterocycles. The van der Waals surface area contributed by atoms with Gasteiger partial charge in [-0.2, -0.15) is 0 Å². The topological polar surface area (TPSA) is 181 Å². The summed E-state index contributed by atoms with van der Waals surface area (Å²) in [6.45, 7) is 9.10. The second-order valence-corrected chi connectivity index (χ2v) is 15.6. The van der Waals surface area contributed by atoms with Crippen LogP contribution in [0, 0.1) is 17.8 Å². The predicted octanol–water partition coefficient (Wildman–Crippen LogP) is 3.13. The predicted molar refractivity (Wildman–Crippen MR) is 198 cm³/mol. The van der Waals surface area contributed by atoms with E-state index in [2.05, 4.69) is 10.6 Å². The van der Waals surface area contributed by atoms with Gasteiger partial charge in [-0.15, -0.1) is 0 Å². The summed E-state index contributed by atoms with van der Waals surface area (Å²) in [5, 5.41) is 15.4. The molecule has 52 heavy (non-hydrogen) atoms. The normalized spacial score (nSPS) is 20.3. The third-order valence-electron chi connectivity index (χ3n) is 10.9. The third-order valence-corrected chi connectivity index (χ3v) is 10.9. The fourth-order valence-electron chi connectivity index (χ4n) is 7.83. The molecule has 0 radical (unpaired) electrons. The molecule has 13 heteroatoms. The van der Waals surface area contributed by atoms with E-state index in [1.807, 2.05) is 44.2 Å². The van der Waals surface area contributed by atoms with E-state index in [4.69, 9.17) is 15.2 Å².